The molecule has 1 aliphatic heterocycles. The number of rotatable bonds is 8. The zero-order valence-electron chi connectivity index (χ0n) is 16.6. The first-order valence-corrected chi connectivity index (χ1v) is 8.82. The Morgan fingerprint density at radius 2 is 1.59 bits per heavy atom. The number of anilines is 1. The summed E-state index contributed by atoms with van der Waals surface area (Å²) in [6.45, 7) is 0. The number of ether oxygens (including phenoxy) is 4. The van der Waals surface area contributed by atoms with Crippen molar-refractivity contribution < 1.29 is 28.5 Å². The third-order valence-electron chi connectivity index (χ3n) is 4.76. The van der Waals surface area contributed by atoms with Gasteiger partial charge in [0.1, 0.15) is 11.8 Å². The molecular weight excluding hydrogens is 376 g/mol. The standard InChI is InChI=1S/C21H22N2O6/c1-26-15-7-5-13(6-8-15)20-19(16(25)11-24)22-12-23(20)14-9-17(27-2)21(29-4)18(10-14)28-3/h5-12,19-20H,1-4H3. The van der Waals surface area contributed by atoms with Gasteiger partial charge in [0, 0.05) is 12.1 Å². The number of carbonyl (C=O) groups excluding carboxylic acids is 2. The van der Waals surface area contributed by atoms with Gasteiger partial charge in [-0.05, 0) is 17.7 Å². The lowest BCUT2D eigenvalue weighted by Gasteiger charge is -2.28. The molecule has 1 aliphatic rings. The smallest absolute Gasteiger partial charge is 0.222 e. The lowest BCUT2D eigenvalue weighted by Crippen LogP contribution is -2.33. The van der Waals surface area contributed by atoms with Crippen molar-refractivity contribution in [1.29, 1.82) is 0 Å². The van der Waals surface area contributed by atoms with E-state index in [9.17, 15) is 9.59 Å². The van der Waals surface area contributed by atoms with E-state index in [1.807, 2.05) is 12.1 Å². The van der Waals surface area contributed by atoms with Gasteiger partial charge in [-0.2, -0.15) is 0 Å². The van der Waals surface area contributed by atoms with Gasteiger partial charge in [-0.3, -0.25) is 14.6 Å². The summed E-state index contributed by atoms with van der Waals surface area (Å²) in [5, 5.41) is 0. The van der Waals surface area contributed by atoms with Gasteiger partial charge < -0.3 is 23.8 Å². The van der Waals surface area contributed by atoms with Crippen LogP contribution >= 0.6 is 0 Å². The molecule has 2 unspecified atom stereocenters. The van der Waals surface area contributed by atoms with Crippen LogP contribution in [0.3, 0.4) is 0 Å². The Morgan fingerprint density at radius 1 is 0.966 bits per heavy atom. The van der Waals surface area contributed by atoms with Crippen LogP contribution in [-0.2, 0) is 9.59 Å². The quantitative estimate of drug-likeness (QED) is 0.499. The molecule has 0 N–H and O–H groups in total. The van der Waals surface area contributed by atoms with Crippen LogP contribution in [0.5, 0.6) is 23.0 Å². The topological polar surface area (TPSA) is 86.7 Å². The van der Waals surface area contributed by atoms with Crippen molar-refractivity contribution in [3.63, 3.8) is 0 Å². The van der Waals surface area contributed by atoms with Crippen LogP contribution in [0.2, 0.25) is 0 Å². The summed E-state index contributed by atoms with van der Waals surface area (Å²) in [6, 6.07) is 9.42. The third-order valence-corrected chi connectivity index (χ3v) is 4.76. The van der Waals surface area contributed by atoms with Crippen molar-refractivity contribution in [2.75, 3.05) is 33.3 Å². The van der Waals surface area contributed by atoms with Crippen molar-refractivity contribution in [2.24, 2.45) is 4.99 Å². The number of ketones is 1. The van der Waals surface area contributed by atoms with E-state index in [-0.39, 0.29) is 0 Å². The fourth-order valence-electron chi connectivity index (χ4n) is 3.34. The van der Waals surface area contributed by atoms with E-state index in [1.165, 1.54) is 21.3 Å². The van der Waals surface area contributed by atoms with Crippen LogP contribution in [0.15, 0.2) is 41.4 Å². The molecule has 8 nitrogen and oxygen atoms in total. The molecule has 3 rings (SSSR count). The maximum absolute atomic E-state index is 12.2. The first-order chi connectivity index (χ1) is 14.1. The van der Waals surface area contributed by atoms with Gasteiger partial charge in [0.2, 0.25) is 11.5 Å². The summed E-state index contributed by atoms with van der Waals surface area (Å²) in [5.74, 6) is 1.47. The van der Waals surface area contributed by atoms with E-state index in [4.69, 9.17) is 18.9 Å². The maximum atomic E-state index is 12.2. The number of aliphatic imine (C=N–C) groups is 1. The van der Waals surface area contributed by atoms with Crippen LogP contribution in [0.25, 0.3) is 0 Å². The van der Waals surface area contributed by atoms with Crippen LogP contribution in [0.1, 0.15) is 11.6 Å². The number of hydrogen-bond acceptors (Lipinski definition) is 8. The van der Waals surface area contributed by atoms with Gasteiger partial charge in [0.05, 0.1) is 46.5 Å². The van der Waals surface area contributed by atoms with Crippen molar-refractivity contribution in [3.05, 3.63) is 42.0 Å². The van der Waals surface area contributed by atoms with Crippen molar-refractivity contribution in [2.45, 2.75) is 12.1 Å². The molecule has 0 bridgehead atoms. The molecule has 0 saturated heterocycles. The highest BCUT2D eigenvalue weighted by molar-refractivity contribution is 6.28. The number of nitrogens with zero attached hydrogens (tertiary/aromatic N) is 2. The van der Waals surface area contributed by atoms with E-state index in [2.05, 4.69) is 4.99 Å². The Balaban J connectivity index is 2.10. The monoisotopic (exact) mass is 398 g/mol. The molecule has 0 fully saturated rings. The molecule has 0 saturated carbocycles. The Morgan fingerprint density at radius 3 is 2.07 bits per heavy atom. The molecular formula is C21H22N2O6. The molecule has 0 spiro atoms. The van der Waals surface area contributed by atoms with Crippen LogP contribution < -0.4 is 23.8 Å². The summed E-state index contributed by atoms with van der Waals surface area (Å²) < 4.78 is 21.4. The van der Waals surface area contributed by atoms with E-state index >= 15 is 0 Å². The molecule has 1 heterocycles. The molecule has 0 amide bonds. The average molecular weight is 398 g/mol. The van der Waals surface area contributed by atoms with Gasteiger partial charge in [-0.25, -0.2) is 0 Å². The Kier molecular flexibility index (Phi) is 6.01. The lowest BCUT2D eigenvalue weighted by atomic mass is 9.96. The molecule has 2 aromatic rings. The zero-order valence-corrected chi connectivity index (χ0v) is 16.6. The van der Waals surface area contributed by atoms with Gasteiger partial charge >= 0.3 is 0 Å². The predicted octanol–water partition coefficient (Wildman–Crippen LogP) is 2.45. The third kappa shape index (κ3) is 3.73. The number of hydrogen-bond donors (Lipinski definition) is 0. The van der Waals surface area contributed by atoms with Crippen LogP contribution in [0.4, 0.5) is 5.69 Å². The second kappa shape index (κ2) is 8.64. The van der Waals surface area contributed by atoms with Gasteiger partial charge in [-0.15, -0.1) is 0 Å². The summed E-state index contributed by atoms with van der Waals surface area (Å²) in [5.41, 5.74) is 1.47. The first kappa shape index (κ1) is 20.2. The Bertz CT molecular complexity index is 900. The zero-order chi connectivity index (χ0) is 21.0. The largest absolute Gasteiger partial charge is 0.497 e. The first-order valence-electron chi connectivity index (χ1n) is 8.82. The van der Waals surface area contributed by atoms with Gasteiger partial charge in [0.25, 0.3) is 0 Å². The molecule has 8 heteroatoms. The summed E-state index contributed by atoms with van der Waals surface area (Å²) in [7, 11) is 6.16. The van der Waals surface area contributed by atoms with Gasteiger partial charge in [-0.1, -0.05) is 12.1 Å². The fraction of sp³-hybridized carbons (Fsp3) is 0.286. The SMILES string of the molecule is COc1ccc(C2C(C(=O)C=O)N=CN2c2cc(OC)c(OC)c(OC)c2)cc1. The second-order valence-electron chi connectivity index (χ2n) is 6.24. The molecule has 0 radical (unpaired) electrons. The summed E-state index contributed by atoms with van der Waals surface area (Å²) in [6.07, 6.45) is 1.85. The molecule has 2 atom stereocenters. The highest BCUT2D eigenvalue weighted by Crippen LogP contribution is 2.44. The number of methoxy groups -OCH3 is 4. The number of carbonyl (C=O) groups is 2. The minimum atomic E-state index is -0.861. The minimum absolute atomic E-state index is 0.303. The van der Waals surface area contributed by atoms with E-state index in [0.29, 0.717) is 35.0 Å². The summed E-state index contributed by atoms with van der Waals surface area (Å²) in [4.78, 5) is 29.5. The summed E-state index contributed by atoms with van der Waals surface area (Å²) >= 11 is 0. The van der Waals surface area contributed by atoms with Crippen molar-refractivity contribution in [3.8, 4) is 23.0 Å². The molecule has 29 heavy (non-hydrogen) atoms. The van der Waals surface area contributed by atoms with E-state index < -0.39 is 17.9 Å². The average Bonchev–Trinajstić information content (AvgIpc) is 3.22. The highest BCUT2D eigenvalue weighted by Gasteiger charge is 2.38. The second-order valence-corrected chi connectivity index (χ2v) is 6.24. The Hall–Kier alpha value is -3.55. The normalized spacial score (nSPS) is 17.7. The fourth-order valence-corrected chi connectivity index (χ4v) is 3.34. The van der Waals surface area contributed by atoms with Crippen LogP contribution in [-0.4, -0.2) is 52.9 Å². The Labute approximate surface area is 168 Å². The maximum Gasteiger partial charge on any atom is 0.222 e. The van der Waals surface area contributed by atoms with Crippen LogP contribution in [0, 0.1) is 0 Å². The lowest BCUT2D eigenvalue weighted by molar-refractivity contribution is -0.130. The highest BCUT2D eigenvalue weighted by atomic mass is 16.5. The van der Waals surface area contributed by atoms with Crippen molar-refractivity contribution in [1.82, 2.24) is 0 Å². The predicted molar refractivity (Wildman–Crippen MR) is 108 cm³/mol. The van der Waals surface area contributed by atoms with Gasteiger partial charge in [0.15, 0.2) is 17.8 Å². The molecule has 2 aromatic carbocycles. The van der Waals surface area contributed by atoms with Crippen molar-refractivity contribution >= 4 is 24.1 Å². The number of Topliss-reactive ketones (excluding diaryl/α,β-unsaturated/α-hetero) is 1. The minimum Gasteiger partial charge on any atom is -0.497 e. The molecule has 0 aliphatic carbocycles. The molecule has 0 aromatic heterocycles. The van der Waals surface area contributed by atoms with E-state index in [1.54, 1.807) is 42.6 Å². The number of benzene rings is 2. The molecule has 152 valence electrons. The van der Waals surface area contributed by atoms with E-state index in [0.717, 1.165) is 5.56 Å². The number of aldehydes is 1.